The molecule has 1 aromatic heterocycles. The number of pyridine rings is 1. The van der Waals surface area contributed by atoms with Crippen molar-refractivity contribution in [2.24, 2.45) is 0 Å². The molecule has 0 saturated carbocycles. The van der Waals surface area contributed by atoms with Crippen LogP contribution in [-0.4, -0.2) is 41.8 Å². The van der Waals surface area contributed by atoms with Crippen LogP contribution in [-0.2, 0) is 6.54 Å². The first-order chi connectivity index (χ1) is 14.4. The Hall–Kier alpha value is -2.97. The molecule has 1 fully saturated rings. The molecule has 0 amide bonds. The SMILES string of the molecule is O=C(O)c1cn(Cc2ccc(Cl)cc2)c2c(F)c(N3CCNCC3)c(F)cc2c1=O. The molecule has 3 aromatic rings. The van der Waals surface area contributed by atoms with Crippen molar-refractivity contribution in [3.8, 4) is 0 Å². The summed E-state index contributed by atoms with van der Waals surface area (Å²) in [6, 6.07) is 7.67. The predicted octanol–water partition coefficient (Wildman–Crippen LogP) is 3.09. The molecular weight excluding hydrogens is 416 g/mol. The van der Waals surface area contributed by atoms with Crippen LogP contribution < -0.4 is 15.6 Å². The van der Waals surface area contributed by atoms with Gasteiger partial charge in [-0.15, -0.1) is 0 Å². The summed E-state index contributed by atoms with van der Waals surface area (Å²) >= 11 is 5.91. The highest BCUT2D eigenvalue weighted by atomic mass is 35.5. The molecule has 2 N–H and O–H groups in total. The van der Waals surface area contributed by atoms with Gasteiger partial charge in [-0.1, -0.05) is 23.7 Å². The zero-order valence-electron chi connectivity index (χ0n) is 15.8. The van der Waals surface area contributed by atoms with Crippen molar-refractivity contribution in [2.45, 2.75) is 6.54 Å². The molecule has 1 aliphatic heterocycles. The smallest absolute Gasteiger partial charge is 0.341 e. The fourth-order valence-corrected chi connectivity index (χ4v) is 3.84. The van der Waals surface area contributed by atoms with E-state index in [1.807, 2.05) is 0 Å². The fourth-order valence-electron chi connectivity index (χ4n) is 3.72. The van der Waals surface area contributed by atoms with Crippen molar-refractivity contribution >= 4 is 34.2 Å². The molecule has 1 aliphatic rings. The number of fused-ring (bicyclic) bond motifs is 1. The number of rotatable bonds is 4. The van der Waals surface area contributed by atoms with Crippen molar-refractivity contribution in [2.75, 3.05) is 31.1 Å². The number of aromatic carboxylic acids is 1. The summed E-state index contributed by atoms with van der Waals surface area (Å²) in [7, 11) is 0. The number of nitrogens with one attached hydrogen (secondary N) is 1. The average molecular weight is 434 g/mol. The van der Waals surface area contributed by atoms with E-state index in [1.54, 1.807) is 29.2 Å². The average Bonchev–Trinajstić information content (AvgIpc) is 2.72. The Morgan fingerprint density at radius 1 is 1.17 bits per heavy atom. The molecule has 30 heavy (non-hydrogen) atoms. The molecule has 2 heterocycles. The molecule has 156 valence electrons. The van der Waals surface area contributed by atoms with Crippen molar-refractivity contribution in [3.05, 3.63) is 74.5 Å². The lowest BCUT2D eigenvalue weighted by molar-refractivity contribution is 0.0695. The van der Waals surface area contributed by atoms with Gasteiger partial charge in [0.2, 0.25) is 5.43 Å². The molecule has 4 rings (SSSR count). The molecule has 0 aliphatic carbocycles. The summed E-state index contributed by atoms with van der Waals surface area (Å²) in [5, 5.41) is 12.7. The number of hydrogen-bond donors (Lipinski definition) is 2. The van der Waals surface area contributed by atoms with E-state index in [4.69, 9.17) is 11.6 Å². The lowest BCUT2D eigenvalue weighted by Crippen LogP contribution is -2.44. The number of carboxylic acid groups (broad SMARTS) is 1. The second-order valence-corrected chi connectivity index (χ2v) is 7.52. The normalized spacial score (nSPS) is 14.3. The quantitative estimate of drug-likeness (QED) is 0.661. The zero-order chi connectivity index (χ0) is 21.4. The van der Waals surface area contributed by atoms with Gasteiger partial charge in [-0.05, 0) is 23.8 Å². The number of hydrogen-bond acceptors (Lipinski definition) is 4. The van der Waals surface area contributed by atoms with Gasteiger partial charge >= 0.3 is 5.97 Å². The Morgan fingerprint density at radius 3 is 2.47 bits per heavy atom. The van der Waals surface area contributed by atoms with Crippen LogP contribution in [0.3, 0.4) is 0 Å². The number of halogens is 3. The Morgan fingerprint density at radius 2 is 1.83 bits per heavy atom. The lowest BCUT2D eigenvalue weighted by Gasteiger charge is -2.30. The Bertz CT molecular complexity index is 1190. The summed E-state index contributed by atoms with van der Waals surface area (Å²) in [6.45, 7) is 2.05. The second kappa shape index (κ2) is 8.04. The maximum atomic E-state index is 15.6. The third kappa shape index (κ3) is 3.64. The number of benzene rings is 2. The van der Waals surface area contributed by atoms with Crippen LogP contribution in [0.5, 0.6) is 0 Å². The van der Waals surface area contributed by atoms with E-state index in [1.165, 1.54) is 4.57 Å². The van der Waals surface area contributed by atoms with Gasteiger partial charge in [0.15, 0.2) is 5.82 Å². The highest BCUT2D eigenvalue weighted by molar-refractivity contribution is 6.30. The van der Waals surface area contributed by atoms with Gasteiger partial charge in [-0.3, -0.25) is 4.79 Å². The van der Waals surface area contributed by atoms with Gasteiger partial charge in [-0.2, -0.15) is 0 Å². The van der Waals surface area contributed by atoms with Gasteiger partial charge in [0, 0.05) is 43.9 Å². The minimum absolute atomic E-state index is 0.0811. The second-order valence-electron chi connectivity index (χ2n) is 7.09. The number of piperazine rings is 1. The molecule has 0 bridgehead atoms. The maximum absolute atomic E-state index is 15.6. The summed E-state index contributed by atoms with van der Waals surface area (Å²) in [6.07, 6.45) is 1.10. The van der Waals surface area contributed by atoms with Crippen molar-refractivity contribution in [3.63, 3.8) is 0 Å². The van der Waals surface area contributed by atoms with Crippen LogP contribution in [0.25, 0.3) is 10.9 Å². The van der Waals surface area contributed by atoms with Gasteiger partial charge in [0.1, 0.15) is 17.1 Å². The minimum Gasteiger partial charge on any atom is -0.477 e. The molecule has 0 unspecified atom stereocenters. The molecule has 0 spiro atoms. The Kier molecular flexibility index (Phi) is 5.44. The number of carbonyl (C=O) groups is 1. The van der Waals surface area contributed by atoms with Crippen LogP contribution in [0.4, 0.5) is 14.5 Å². The number of carboxylic acids is 1. The van der Waals surface area contributed by atoms with Gasteiger partial charge in [0.25, 0.3) is 0 Å². The van der Waals surface area contributed by atoms with Crippen LogP contribution in [0, 0.1) is 11.6 Å². The standard InChI is InChI=1S/C21H18ClF2N3O3/c22-13-3-1-12(2-4-13)10-27-11-15(21(29)30)20(28)14-9-16(23)19(17(24)18(14)27)26-7-5-25-6-8-26/h1-4,9,11,25H,5-8,10H2,(H,29,30). The monoisotopic (exact) mass is 433 g/mol. The number of anilines is 1. The molecule has 0 atom stereocenters. The number of aromatic nitrogens is 1. The Labute approximate surface area is 175 Å². The highest BCUT2D eigenvalue weighted by Crippen LogP contribution is 2.30. The van der Waals surface area contributed by atoms with Gasteiger partial charge in [-0.25, -0.2) is 13.6 Å². The molecule has 2 aromatic carbocycles. The fraction of sp³-hybridized carbons (Fsp3) is 0.238. The van der Waals surface area contributed by atoms with E-state index in [-0.39, 0.29) is 23.1 Å². The first-order valence-corrected chi connectivity index (χ1v) is 9.73. The van der Waals surface area contributed by atoms with Crippen LogP contribution in [0.1, 0.15) is 15.9 Å². The first kappa shape index (κ1) is 20.3. The van der Waals surface area contributed by atoms with Crippen molar-refractivity contribution < 1.29 is 18.7 Å². The van der Waals surface area contributed by atoms with Gasteiger partial charge in [0.05, 0.1) is 10.9 Å². The summed E-state index contributed by atoms with van der Waals surface area (Å²) in [4.78, 5) is 25.8. The van der Waals surface area contributed by atoms with Crippen LogP contribution in [0.2, 0.25) is 5.02 Å². The molecular formula is C21H18ClF2N3O3. The predicted molar refractivity (Wildman–Crippen MR) is 111 cm³/mol. The number of nitrogens with zero attached hydrogens (tertiary/aromatic N) is 2. The zero-order valence-corrected chi connectivity index (χ0v) is 16.5. The third-order valence-electron chi connectivity index (χ3n) is 5.16. The minimum atomic E-state index is -1.46. The summed E-state index contributed by atoms with van der Waals surface area (Å²) in [5.41, 5.74) is -1.10. The van der Waals surface area contributed by atoms with E-state index in [2.05, 4.69) is 5.32 Å². The third-order valence-corrected chi connectivity index (χ3v) is 5.41. The van der Waals surface area contributed by atoms with Crippen LogP contribution >= 0.6 is 11.6 Å². The molecule has 6 nitrogen and oxygen atoms in total. The van der Waals surface area contributed by atoms with E-state index >= 15 is 4.39 Å². The highest BCUT2D eigenvalue weighted by Gasteiger charge is 2.25. The van der Waals surface area contributed by atoms with Crippen molar-refractivity contribution in [1.29, 1.82) is 0 Å². The topological polar surface area (TPSA) is 74.6 Å². The van der Waals surface area contributed by atoms with Crippen molar-refractivity contribution in [1.82, 2.24) is 9.88 Å². The Balaban J connectivity index is 1.97. The molecule has 0 radical (unpaired) electrons. The maximum Gasteiger partial charge on any atom is 0.341 e. The van der Waals surface area contributed by atoms with E-state index < -0.39 is 28.6 Å². The summed E-state index contributed by atoms with van der Waals surface area (Å²) in [5.74, 6) is -3.23. The molecule has 1 saturated heterocycles. The first-order valence-electron chi connectivity index (χ1n) is 9.35. The largest absolute Gasteiger partial charge is 0.477 e. The molecule has 9 heteroatoms. The van der Waals surface area contributed by atoms with Gasteiger partial charge < -0.3 is 19.9 Å². The van der Waals surface area contributed by atoms with E-state index in [0.29, 0.717) is 36.8 Å². The van der Waals surface area contributed by atoms with E-state index in [0.717, 1.165) is 12.3 Å². The lowest BCUT2D eigenvalue weighted by atomic mass is 10.1. The van der Waals surface area contributed by atoms with Crippen LogP contribution in [0.15, 0.2) is 41.3 Å². The summed E-state index contributed by atoms with van der Waals surface area (Å²) < 4.78 is 31.8. The van der Waals surface area contributed by atoms with E-state index in [9.17, 15) is 19.1 Å².